The van der Waals surface area contributed by atoms with Crippen LogP contribution in [-0.2, 0) is 11.2 Å². The first-order valence-electron chi connectivity index (χ1n) is 6.31. The van der Waals surface area contributed by atoms with E-state index in [-0.39, 0.29) is 18.0 Å². The molecule has 0 spiro atoms. The van der Waals surface area contributed by atoms with Crippen LogP contribution in [0.25, 0.3) is 0 Å². The minimum Gasteiger partial charge on any atom is -0.392 e. The zero-order valence-electron chi connectivity index (χ0n) is 10.8. The highest BCUT2D eigenvalue weighted by atomic mass is 32.1. The quantitative estimate of drug-likeness (QED) is 0.758. The van der Waals surface area contributed by atoms with Crippen LogP contribution in [0, 0.1) is 6.92 Å². The Labute approximate surface area is 111 Å². The molecule has 1 aliphatic rings. The number of aliphatic hydroxyl groups is 1. The minimum atomic E-state index is -0.393. The fourth-order valence-electron chi connectivity index (χ4n) is 2.21. The van der Waals surface area contributed by atoms with Gasteiger partial charge in [-0.1, -0.05) is 0 Å². The number of hydrogen-bond donors (Lipinski definition) is 3. The summed E-state index contributed by atoms with van der Waals surface area (Å²) in [5.74, 6) is -0.00710. The van der Waals surface area contributed by atoms with Crippen molar-refractivity contribution in [3.63, 3.8) is 0 Å². The highest BCUT2D eigenvalue weighted by molar-refractivity contribution is 7.11. The van der Waals surface area contributed by atoms with Crippen LogP contribution in [0.3, 0.4) is 0 Å². The summed E-state index contributed by atoms with van der Waals surface area (Å²) >= 11 is 1.77. The van der Waals surface area contributed by atoms with Crippen molar-refractivity contribution in [2.24, 2.45) is 0 Å². The average molecular weight is 268 g/mol. The van der Waals surface area contributed by atoms with Gasteiger partial charge in [0.2, 0.25) is 5.91 Å². The van der Waals surface area contributed by atoms with E-state index in [1.165, 1.54) is 9.75 Å². The minimum absolute atomic E-state index is 0.00710. The van der Waals surface area contributed by atoms with Crippen LogP contribution in [-0.4, -0.2) is 35.7 Å². The molecule has 1 amide bonds. The summed E-state index contributed by atoms with van der Waals surface area (Å²) in [5.41, 5.74) is 0. The second-order valence-electron chi connectivity index (χ2n) is 4.98. The Bertz CT molecular complexity index is 419. The van der Waals surface area contributed by atoms with E-state index < -0.39 is 6.10 Å². The van der Waals surface area contributed by atoms with Gasteiger partial charge in [-0.25, -0.2) is 0 Å². The normalized spacial score (nSPS) is 25.1. The lowest BCUT2D eigenvalue weighted by atomic mass is 10.1. The molecular formula is C13H20N2O2S. The van der Waals surface area contributed by atoms with Crippen molar-refractivity contribution >= 4 is 17.2 Å². The Kier molecular flexibility index (Phi) is 4.37. The smallest absolute Gasteiger partial charge is 0.237 e. The zero-order valence-corrected chi connectivity index (χ0v) is 11.6. The van der Waals surface area contributed by atoms with Gasteiger partial charge in [0.15, 0.2) is 0 Å². The number of hydrogen-bond acceptors (Lipinski definition) is 4. The molecule has 18 heavy (non-hydrogen) atoms. The molecule has 2 rings (SSSR count). The van der Waals surface area contributed by atoms with Gasteiger partial charge in [0.1, 0.15) is 0 Å². The van der Waals surface area contributed by atoms with Crippen molar-refractivity contribution in [3.05, 3.63) is 21.9 Å². The average Bonchev–Trinajstić information content (AvgIpc) is 2.87. The first-order chi connectivity index (χ1) is 8.54. The summed E-state index contributed by atoms with van der Waals surface area (Å²) in [6.45, 7) is 4.61. The van der Waals surface area contributed by atoms with Crippen LogP contribution in [0.2, 0.25) is 0 Å². The lowest BCUT2D eigenvalue weighted by Gasteiger charge is -2.16. The summed E-state index contributed by atoms with van der Waals surface area (Å²) in [5, 5.41) is 15.4. The predicted molar refractivity (Wildman–Crippen MR) is 72.8 cm³/mol. The van der Waals surface area contributed by atoms with Crippen molar-refractivity contribution in [2.75, 3.05) is 6.54 Å². The number of aliphatic hydroxyl groups excluding tert-OH is 1. The third kappa shape index (κ3) is 3.54. The molecule has 5 heteroatoms. The van der Waals surface area contributed by atoms with Crippen molar-refractivity contribution in [1.29, 1.82) is 0 Å². The lowest BCUT2D eigenvalue weighted by Crippen LogP contribution is -2.44. The third-order valence-electron chi connectivity index (χ3n) is 3.12. The van der Waals surface area contributed by atoms with Crippen LogP contribution >= 0.6 is 11.3 Å². The Morgan fingerprint density at radius 1 is 1.67 bits per heavy atom. The van der Waals surface area contributed by atoms with Crippen molar-refractivity contribution < 1.29 is 9.90 Å². The topological polar surface area (TPSA) is 61.4 Å². The first kappa shape index (κ1) is 13.5. The molecule has 3 N–H and O–H groups in total. The number of carbonyl (C=O) groups excluding carboxylic acids is 1. The predicted octanol–water partition coefficient (Wildman–Crippen LogP) is 0.827. The number of thiophene rings is 1. The largest absolute Gasteiger partial charge is 0.392 e. The molecule has 0 saturated carbocycles. The van der Waals surface area contributed by atoms with E-state index in [1.54, 1.807) is 11.3 Å². The molecule has 1 saturated heterocycles. The summed E-state index contributed by atoms with van der Waals surface area (Å²) in [4.78, 5) is 14.5. The van der Waals surface area contributed by atoms with Gasteiger partial charge in [-0.15, -0.1) is 11.3 Å². The highest BCUT2D eigenvalue weighted by Crippen LogP contribution is 2.17. The van der Waals surface area contributed by atoms with Crippen LogP contribution in [0.15, 0.2) is 12.1 Å². The zero-order chi connectivity index (χ0) is 13.1. The highest BCUT2D eigenvalue weighted by Gasteiger charge is 2.28. The maximum atomic E-state index is 11.9. The summed E-state index contributed by atoms with van der Waals surface area (Å²) in [6.07, 6.45) is 0.979. The van der Waals surface area contributed by atoms with E-state index in [0.29, 0.717) is 13.0 Å². The van der Waals surface area contributed by atoms with Gasteiger partial charge < -0.3 is 15.7 Å². The van der Waals surface area contributed by atoms with Gasteiger partial charge >= 0.3 is 0 Å². The second kappa shape index (κ2) is 5.82. The maximum Gasteiger partial charge on any atom is 0.237 e. The summed E-state index contributed by atoms with van der Waals surface area (Å²) in [7, 11) is 0. The van der Waals surface area contributed by atoms with Crippen LogP contribution < -0.4 is 10.6 Å². The molecule has 0 radical (unpaired) electrons. The van der Waals surface area contributed by atoms with Crippen LogP contribution in [0.4, 0.5) is 0 Å². The number of carbonyl (C=O) groups is 1. The van der Waals surface area contributed by atoms with Crippen molar-refractivity contribution in [3.8, 4) is 0 Å². The molecule has 4 nitrogen and oxygen atoms in total. The van der Waals surface area contributed by atoms with Crippen LogP contribution in [0.5, 0.6) is 0 Å². The number of rotatable bonds is 4. The van der Waals surface area contributed by atoms with E-state index >= 15 is 0 Å². The molecule has 1 aromatic heterocycles. The van der Waals surface area contributed by atoms with E-state index in [0.717, 1.165) is 6.42 Å². The Balaban J connectivity index is 1.80. The number of nitrogens with one attached hydrogen (secondary N) is 2. The molecule has 0 bridgehead atoms. The fraction of sp³-hybridized carbons (Fsp3) is 0.615. The molecule has 0 aliphatic carbocycles. The monoisotopic (exact) mass is 268 g/mol. The maximum absolute atomic E-state index is 11.9. The van der Waals surface area contributed by atoms with Gasteiger partial charge in [-0.3, -0.25) is 4.79 Å². The molecule has 2 heterocycles. The van der Waals surface area contributed by atoms with Crippen LogP contribution in [0.1, 0.15) is 23.1 Å². The van der Waals surface area contributed by atoms with Crippen molar-refractivity contribution in [2.45, 2.75) is 44.9 Å². The standard InChI is InChI=1S/C13H20N2O2S/c1-8(5-11-4-3-9(2)18-11)15-13(17)12-6-10(16)7-14-12/h3-4,8,10,12,14,16H,5-7H2,1-2H3,(H,15,17). The Morgan fingerprint density at radius 3 is 3.00 bits per heavy atom. The van der Waals surface area contributed by atoms with Gasteiger partial charge in [-0.2, -0.15) is 0 Å². The van der Waals surface area contributed by atoms with E-state index in [4.69, 9.17) is 0 Å². The molecule has 1 aromatic rings. The van der Waals surface area contributed by atoms with E-state index in [2.05, 4.69) is 29.7 Å². The summed E-state index contributed by atoms with van der Waals surface area (Å²) < 4.78 is 0. The van der Waals surface area contributed by atoms with E-state index in [1.807, 2.05) is 6.92 Å². The van der Waals surface area contributed by atoms with Gasteiger partial charge in [0.05, 0.1) is 12.1 Å². The molecule has 1 aliphatic heterocycles. The van der Waals surface area contributed by atoms with Gasteiger partial charge in [0.25, 0.3) is 0 Å². The molecule has 100 valence electrons. The Hall–Kier alpha value is -0.910. The molecule has 0 aromatic carbocycles. The van der Waals surface area contributed by atoms with Crippen molar-refractivity contribution in [1.82, 2.24) is 10.6 Å². The van der Waals surface area contributed by atoms with E-state index in [9.17, 15) is 9.90 Å². The SMILES string of the molecule is Cc1ccc(CC(C)NC(=O)C2CC(O)CN2)s1. The number of amides is 1. The number of aryl methyl sites for hydroxylation is 1. The molecular weight excluding hydrogens is 248 g/mol. The lowest BCUT2D eigenvalue weighted by molar-refractivity contribution is -0.123. The molecule has 1 fully saturated rings. The molecule has 3 atom stereocenters. The van der Waals surface area contributed by atoms with Gasteiger partial charge in [-0.05, 0) is 32.4 Å². The van der Waals surface area contributed by atoms with Gasteiger partial charge in [0, 0.05) is 28.8 Å². The third-order valence-corrected chi connectivity index (χ3v) is 4.14. The first-order valence-corrected chi connectivity index (χ1v) is 7.13. The summed E-state index contributed by atoms with van der Waals surface area (Å²) in [6, 6.07) is 4.09. The number of β-amino-alcohol motifs (C(OH)–C–C–N with tert-alkyl or cyclic N) is 1. The fourth-order valence-corrected chi connectivity index (χ4v) is 3.23. The second-order valence-corrected chi connectivity index (χ2v) is 6.35. The Morgan fingerprint density at radius 2 is 2.44 bits per heavy atom. The molecule has 3 unspecified atom stereocenters.